The molecular formula is C15H28N4O5. The van der Waals surface area contributed by atoms with Crippen LogP contribution >= 0.6 is 0 Å². The van der Waals surface area contributed by atoms with E-state index in [2.05, 4.69) is 20.7 Å². The topological polar surface area (TPSA) is 140 Å². The molecule has 0 aliphatic heterocycles. The summed E-state index contributed by atoms with van der Waals surface area (Å²) in [5, 5.41) is 7.44. The van der Waals surface area contributed by atoms with Gasteiger partial charge in [-0.25, -0.2) is 4.79 Å². The zero-order valence-electron chi connectivity index (χ0n) is 14.8. The zero-order valence-corrected chi connectivity index (χ0v) is 14.8. The van der Waals surface area contributed by atoms with Gasteiger partial charge in [0.05, 0.1) is 20.2 Å². The predicted molar refractivity (Wildman–Crippen MR) is 87.6 cm³/mol. The molecule has 0 heterocycles. The number of rotatable bonds is 9. The Labute approximate surface area is 142 Å². The third-order valence-corrected chi connectivity index (χ3v) is 3.31. The molecule has 0 saturated carbocycles. The minimum Gasteiger partial charge on any atom is -0.467 e. The van der Waals surface area contributed by atoms with Gasteiger partial charge in [-0.2, -0.15) is 0 Å². The average Bonchev–Trinajstić information content (AvgIpc) is 2.53. The van der Waals surface area contributed by atoms with Crippen molar-refractivity contribution in [2.24, 2.45) is 17.6 Å². The average molecular weight is 344 g/mol. The first-order valence-corrected chi connectivity index (χ1v) is 7.78. The van der Waals surface area contributed by atoms with Crippen LogP contribution in [0, 0.1) is 11.8 Å². The zero-order chi connectivity index (χ0) is 18.9. The summed E-state index contributed by atoms with van der Waals surface area (Å²) in [7, 11) is 1.24. The Morgan fingerprint density at radius 1 is 0.917 bits per heavy atom. The monoisotopic (exact) mass is 344 g/mol. The van der Waals surface area contributed by atoms with E-state index in [0.29, 0.717) is 0 Å². The molecule has 0 aromatic carbocycles. The van der Waals surface area contributed by atoms with E-state index < -0.39 is 35.8 Å². The predicted octanol–water partition coefficient (Wildman–Crippen LogP) is -1.48. The number of nitrogens with one attached hydrogen (secondary N) is 3. The summed E-state index contributed by atoms with van der Waals surface area (Å²) < 4.78 is 4.63. The maximum absolute atomic E-state index is 12.1. The molecule has 0 unspecified atom stereocenters. The summed E-state index contributed by atoms with van der Waals surface area (Å²) in [4.78, 5) is 47.0. The number of nitrogens with two attached hydrogens (primary N) is 1. The van der Waals surface area contributed by atoms with Crippen LogP contribution in [0.1, 0.15) is 27.7 Å². The van der Waals surface area contributed by atoms with Crippen LogP contribution in [-0.4, -0.2) is 56.0 Å². The van der Waals surface area contributed by atoms with Crippen molar-refractivity contribution in [1.29, 1.82) is 0 Å². The van der Waals surface area contributed by atoms with Crippen LogP contribution in [0.4, 0.5) is 0 Å². The number of hydrogen-bond donors (Lipinski definition) is 4. The molecule has 9 heteroatoms. The fraction of sp³-hybridized carbons (Fsp3) is 0.733. The van der Waals surface area contributed by atoms with Gasteiger partial charge in [0.1, 0.15) is 12.1 Å². The van der Waals surface area contributed by atoms with Crippen molar-refractivity contribution in [2.75, 3.05) is 20.2 Å². The SMILES string of the molecule is COC(=O)[C@@H](NC(=O)CNC(=O)[C@@H](NC(=O)CN)C(C)C)C(C)C. The summed E-state index contributed by atoms with van der Waals surface area (Å²) in [6.07, 6.45) is 0. The summed E-state index contributed by atoms with van der Waals surface area (Å²) in [5.41, 5.74) is 5.22. The lowest BCUT2D eigenvalue weighted by Crippen LogP contribution is -2.54. The number of methoxy groups -OCH3 is 1. The number of carbonyl (C=O) groups excluding carboxylic acids is 4. The quantitative estimate of drug-likeness (QED) is 0.376. The van der Waals surface area contributed by atoms with Gasteiger partial charge in [-0.3, -0.25) is 14.4 Å². The van der Waals surface area contributed by atoms with Crippen molar-refractivity contribution < 1.29 is 23.9 Å². The van der Waals surface area contributed by atoms with Gasteiger partial charge in [0.25, 0.3) is 0 Å². The molecule has 138 valence electrons. The highest BCUT2D eigenvalue weighted by Gasteiger charge is 2.27. The lowest BCUT2D eigenvalue weighted by molar-refractivity contribution is -0.146. The highest BCUT2D eigenvalue weighted by atomic mass is 16.5. The molecule has 0 aromatic heterocycles. The summed E-state index contributed by atoms with van der Waals surface area (Å²) in [5.74, 6) is -2.38. The van der Waals surface area contributed by atoms with Crippen molar-refractivity contribution in [1.82, 2.24) is 16.0 Å². The third kappa shape index (κ3) is 7.40. The molecule has 5 N–H and O–H groups in total. The van der Waals surface area contributed by atoms with E-state index >= 15 is 0 Å². The lowest BCUT2D eigenvalue weighted by Gasteiger charge is -2.22. The van der Waals surface area contributed by atoms with E-state index in [1.807, 2.05) is 0 Å². The van der Waals surface area contributed by atoms with Gasteiger partial charge in [-0.05, 0) is 11.8 Å². The number of carbonyl (C=O) groups is 4. The largest absolute Gasteiger partial charge is 0.467 e. The van der Waals surface area contributed by atoms with E-state index in [-0.39, 0.29) is 24.9 Å². The van der Waals surface area contributed by atoms with E-state index in [0.717, 1.165) is 0 Å². The van der Waals surface area contributed by atoms with Gasteiger partial charge >= 0.3 is 5.97 Å². The molecule has 24 heavy (non-hydrogen) atoms. The van der Waals surface area contributed by atoms with Gasteiger partial charge in [-0.1, -0.05) is 27.7 Å². The summed E-state index contributed by atoms with van der Waals surface area (Å²) in [6, 6.07) is -1.59. The minimum absolute atomic E-state index is 0.163. The smallest absolute Gasteiger partial charge is 0.328 e. The van der Waals surface area contributed by atoms with Gasteiger partial charge in [-0.15, -0.1) is 0 Å². The summed E-state index contributed by atoms with van der Waals surface area (Å²) >= 11 is 0. The molecule has 0 saturated heterocycles. The second-order valence-corrected chi connectivity index (χ2v) is 6.02. The molecule has 0 bridgehead atoms. The third-order valence-electron chi connectivity index (χ3n) is 3.31. The van der Waals surface area contributed by atoms with E-state index in [4.69, 9.17) is 5.73 Å². The van der Waals surface area contributed by atoms with Crippen LogP contribution in [0.25, 0.3) is 0 Å². The van der Waals surface area contributed by atoms with Crippen molar-refractivity contribution in [2.45, 2.75) is 39.8 Å². The molecule has 3 amide bonds. The van der Waals surface area contributed by atoms with Crippen LogP contribution in [0.2, 0.25) is 0 Å². The Kier molecular flexibility index (Phi) is 9.63. The Hall–Kier alpha value is -2.16. The molecular weight excluding hydrogens is 316 g/mol. The maximum Gasteiger partial charge on any atom is 0.328 e. The number of ether oxygens (including phenoxy) is 1. The first kappa shape index (κ1) is 21.8. The Morgan fingerprint density at radius 2 is 1.42 bits per heavy atom. The summed E-state index contributed by atoms with van der Waals surface area (Å²) in [6.45, 7) is 6.49. The van der Waals surface area contributed by atoms with Crippen molar-refractivity contribution in [3.05, 3.63) is 0 Å². The fourth-order valence-corrected chi connectivity index (χ4v) is 1.89. The maximum atomic E-state index is 12.1. The van der Waals surface area contributed by atoms with Crippen LogP contribution in [0.3, 0.4) is 0 Å². The number of esters is 1. The van der Waals surface area contributed by atoms with E-state index in [9.17, 15) is 19.2 Å². The molecule has 0 aromatic rings. The lowest BCUT2D eigenvalue weighted by atomic mass is 10.0. The first-order valence-electron chi connectivity index (χ1n) is 7.78. The molecule has 0 radical (unpaired) electrons. The Balaban J connectivity index is 4.63. The number of amides is 3. The van der Waals surface area contributed by atoms with Crippen molar-refractivity contribution in [3.63, 3.8) is 0 Å². The first-order chi connectivity index (χ1) is 11.1. The molecule has 9 nitrogen and oxygen atoms in total. The fourth-order valence-electron chi connectivity index (χ4n) is 1.89. The highest BCUT2D eigenvalue weighted by Crippen LogP contribution is 2.04. The van der Waals surface area contributed by atoms with Crippen LogP contribution in [0.15, 0.2) is 0 Å². The molecule has 0 aliphatic rings. The molecule has 0 fully saturated rings. The second-order valence-electron chi connectivity index (χ2n) is 6.02. The molecule has 0 spiro atoms. The van der Waals surface area contributed by atoms with Crippen LogP contribution in [-0.2, 0) is 23.9 Å². The minimum atomic E-state index is -0.796. The Morgan fingerprint density at radius 3 is 1.83 bits per heavy atom. The van der Waals surface area contributed by atoms with E-state index in [1.54, 1.807) is 27.7 Å². The molecule has 2 atom stereocenters. The normalized spacial score (nSPS) is 13.2. The van der Waals surface area contributed by atoms with Crippen molar-refractivity contribution >= 4 is 23.7 Å². The van der Waals surface area contributed by atoms with Gasteiger partial charge in [0, 0.05) is 0 Å². The molecule has 0 rings (SSSR count). The van der Waals surface area contributed by atoms with Crippen LogP contribution < -0.4 is 21.7 Å². The molecule has 0 aliphatic carbocycles. The second kappa shape index (κ2) is 10.6. The standard InChI is InChI=1S/C15H28N4O5/c1-8(2)12(18-10(20)6-16)14(22)17-7-11(21)19-13(9(3)4)15(23)24-5/h8-9,12-13H,6-7,16H2,1-5H3,(H,17,22)(H,18,20)(H,19,21)/t12-,13-/m0/s1. The highest BCUT2D eigenvalue weighted by molar-refractivity contribution is 5.92. The van der Waals surface area contributed by atoms with E-state index in [1.165, 1.54) is 7.11 Å². The van der Waals surface area contributed by atoms with Crippen molar-refractivity contribution in [3.8, 4) is 0 Å². The Bertz CT molecular complexity index is 465. The van der Waals surface area contributed by atoms with Gasteiger partial charge < -0.3 is 26.4 Å². The van der Waals surface area contributed by atoms with Gasteiger partial charge in [0.2, 0.25) is 17.7 Å². The number of hydrogen-bond acceptors (Lipinski definition) is 6. The van der Waals surface area contributed by atoms with Gasteiger partial charge in [0.15, 0.2) is 0 Å². The van der Waals surface area contributed by atoms with Crippen LogP contribution in [0.5, 0.6) is 0 Å².